The SMILES string of the molecule is COc1ccc(C(=O)Nc2ccc(SCC(=O)Nc3ccc(C(N)=O)cc3)cc2)cc1OC. The molecule has 0 heterocycles. The third-order valence-corrected chi connectivity index (χ3v) is 5.59. The zero-order chi connectivity index (χ0) is 23.8. The molecule has 0 saturated carbocycles. The molecule has 0 fully saturated rings. The van der Waals surface area contributed by atoms with Crippen LogP contribution in [0.25, 0.3) is 0 Å². The molecule has 0 bridgehead atoms. The third-order valence-electron chi connectivity index (χ3n) is 4.58. The van der Waals surface area contributed by atoms with Crippen LogP contribution in [0.1, 0.15) is 20.7 Å². The molecule has 170 valence electrons. The average Bonchev–Trinajstić information content (AvgIpc) is 2.83. The van der Waals surface area contributed by atoms with Gasteiger partial charge in [0.05, 0.1) is 20.0 Å². The lowest BCUT2D eigenvalue weighted by Crippen LogP contribution is -2.15. The maximum atomic E-state index is 12.5. The average molecular weight is 466 g/mol. The van der Waals surface area contributed by atoms with Crippen molar-refractivity contribution in [3.63, 3.8) is 0 Å². The predicted octanol–water partition coefficient (Wildman–Crippen LogP) is 3.79. The summed E-state index contributed by atoms with van der Waals surface area (Å²) in [4.78, 5) is 36.7. The maximum Gasteiger partial charge on any atom is 0.255 e. The van der Waals surface area contributed by atoms with Gasteiger partial charge in [-0.15, -0.1) is 11.8 Å². The highest BCUT2D eigenvalue weighted by Crippen LogP contribution is 2.28. The van der Waals surface area contributed by atoms with E-state index in [1.807, 2.05) is 12.1 Å². The molecular formula is C24H23N3O5S. The minimum absolute atomic E-state index is 0.183. The van der Waals surface area contributed by atoms with Gasteiger partial charge in [0.2, 0.25) is 11.8 Å². The summed E-state index contributed by atoms with van der Waals surface area (Å²) in [6, 6.07) is 18.5. The van der Waals surface area contributed by atoms with Gasteiger partial charge in [-0.2, -0.15) is 0 Å². The summed E-state index contributed by atoms with van der Waals surface area (Å²) in [5.41, 5.74) is 7.22. The Labute approximate surface area is 195 Å². The maximum absolute atomic E-state index is 12.5. The number of carbonyl (C=O) groups excluding carboxylic acids is 3. The summed E-state index contributed by atoms with van der Waals surface area (Å²) < 4.78 is 10.4. The van der Waals surface area contributed by atoms with Gasteiger partial charge in [-0.1, -0.05) is 0 Å². The number of nitrogens with one attached hydrogen (secondary N) is 2. The highest BCUT2D eigenvalue weighted by molar-refractivity contribution is 8.00. The minimum atomic E-state index is -0.521. The van der Waals surface area contributed by atoms with Crippen molar-refractivity contribution in [3.05, 3.63) is 77.9 Å². The molecule has 0 aliphatic heterocycles. The molecule has 0 saturated heterocycles. The van der Waals surface area contributed by atoms with Gasteiger partial charge < -0.3 is 25.8 Å². The number of anilines is 2. The second-order valence-corrected chi connectivity index (χ2v) is 7.88. The Morgan fingerprint density at radius 3 is 1.97 bits per heavy atom. The molecule has 0 unspecified atom stereocenters. The van der Waals surface area contributed by atoms with Crippen molar-refractivity contribution in [1.29, 1.82) is 0 Å². The summed E-state index contributed by atoms with van der Waals surface area (Å²) >= 11 is 1.36. The van der Waals surface area contributed by atoms with Gasteiger partial charge in [0.1, 0.15) is 0 Å². The fourth-order valence-corrected chi connectivity index (χ4v) is 3.58. The second kappa shape index (κ2) is 11.1. The van der Waals surface area contributed by atoms with Crippen LogP contribution in [0.2, 0.25) is 0 Å². The molecule has 8 nitrogen and oxygen atoms in total. The van der Waals surface area contributed by atoms with Gasteiger partial charge in [-0.3, -0.25) is 14.4 Å². The van der Waals surface area contributed by atoms with Crippen molar-refractivity contribution in [3.8, 4) is 11.5 Å². The molecule has 9 heteroatoms. The van der Waals surface area contributed by atoms with E-state index in [0.717, 1.165) is 4.90 Å². The first-order valence-corrected chi connectivity index (χ1v) is 10.8. The predicted molar refractivity (Wildman–Crippen MR) is 128 cm³/mol. The lowest BCUT2D eigenvalue weighted by molar-refractivity contribution is -0.113. The van der Waals surface area contributed by atoms with Crippen molar-refractivity contribution in [2.24, 2.45) is 5.73 Å². The van der Waals surface area contributed by atoms with Crippen molar-refractivity contribution >= 4 is 40.9 Å². The first-order valence-electron chi connectivity index (χ1n) is 9.85. The number of methoxy groups -OCH3 is 2. The number of benzene rings is 3. The summed E-state index contributed by atoms with van der Waals surface area (Å²) in [6.45, 7) is 0. The molecule has 0 spiro atoms. The van der Waals surface area contributed by atoms with Crippen molar-refractivity contribution in [2.75, 3.05) is 30.6 Å². The van der Waals surface area contributed by atoms with Crippen LogP contribution in [-0.2, 0) is 4.79 Å². The number of thioether (sulfide) groups is 1. The van der Waals surface area contributed by atoms with E-state index < -0.39 is 5.91 Å². The van der Waals surface area contributed by atoms with Gasteiger partial charge >= 0.3 is 0 Å². The van der Waals surface area contributed by atoms with Crippen LogP contribution in [0.3, 0.4) is 0 Å². The van der Waals surface area contributed by atoms with Gasteiger partial charge in [0.15, 0.2) is 11.5 Å². The zero-order valence-corrected chi connectivity index (χ0v) is 18.9. The number of ether oxygens (including phenoxy) is 2. The van der Waals surface area contributed by atoms with Crippen molar-refractivity contribution in [1.82, 2.24) is 0 Å². The normalized spacial score (nSPS) is 10.2. The van der Waals surface area contributed by atoms with Crippen molar-refractivity contribution < 1.29 is 23.9 Å². The quantitative estimate of drug-likeness (QED) is 0.414. The fourth-order valence-electron chi connectivity index (χ4n) is 2.88. The molecule has 0 radical (unpaired) electrons. The van der Waals surface area contributed by atoms with Gasteiger partial charge in [-0.05, 0) is 66.7 Å². The number of amides is 3. The Morgan fingerprint density at radius 1 is 0.788 bits per heavy atom. The zero-order valence-electron chi connectivity index (χ0n) is 18.1. The number of primary amides is 1. The topological polar surface area (TPSA) is 120 Å². The number of rotatable bonds is 9. The van der Waals surface area contributed by atoms with Crippen LogP contribution < -0.4 is 25.8 Å². The van der Waals surface area contributed by atoms with E-state index in [4.69, 9.17) is 15.2 Å². The molecule has 3 amide bonds. The molecular weight excluding hydrogens is 442 g/mol. The van der Waals surface area contributed by atoms with E-state index in [-0.39, 0.29) is 17.6 Å². The molecule has 4 N–H and O–H groups in total. The van der Waals surface area contributed by atoms with E-state index in [9.17, 15) is 14.4 Å². The first-order chi connectivity index (χ1) is 15.9. The van der Waals surface area contributed by atoms with Crippen LogP contribution in [-0.4, -0.2) is 37.7 Å². The Hall–Kier alpha value is -3.98. The summed E-state index contributed by atoms with van der Waals surface area (Å²) in [5, 5.41) is 5.59. The fraction of sp³-hybridized carbons (Fsp3) is 0.125. The Bertz CT molecular complexity index is 1150. The minimum Gasteiger partial charge on any atom is -0.493 e. The number of hydrogen-bond acceptors (Lipinski definition) is 6. The number of carbonyl (C=O) groups is 3. The highest BCUT2D eigenvalue weighted by atomic mass is 32.2. The smallest absolute Gasteiger partial charge is 0.255 e. The molecule has 0 aliphatic rings. The van der Waals surface area contributed by atoms with E-state index in [1.54, 1.807) is 54.6 Å². The lowest BCUT2D eigenvalue weighted by Gasteiger charge is -2.10. The third kappa shape index (κ3) is 6.50. The molecule has 0 aliphatic carbocycles. The van der Waals surface area contributed by atoms with E-state index in [2.05, 4.69) is 10.6 Å². The van der Waals surface area contributed by atoms with Crippen LogP contribution in [0.4, 0.5) is 11.4 Å². The van der Waals surface area contributed by atoms with Crippen LogP contribution in [0, 0.1) is 0 Å². The molecule has 3 aromatic carbocycles. The van der Waals surface area contributed by atoms with Gasteiger partial charge in [-0.25, -0.2) is 0 Å². The molecule has 33 heavy (non-hydrogen) atoms. The van der Waals surface area contributed by atoms with Crippen molar-refractivity contribution in [2.45, 2.75) is 4.90 Å². The summed E-state index contributed by atoms with van der Waals surface area (Å²) in [6.07, 6.45) is 0. The Balaban J connectivity index is 1.52. The van der Waals surface area contributed by atoms with E-state index in [1.165, 1.54) is 26.0 Å². The molecule has 3 rings (SSSR count). The second-order valence-electron chi connectivity index (χ2n) is 6.83. The summed E-state index contributed by atoms with van der Waals surface area (Å²) in [7, 11) is 3.04. The number of nitrogens with two attached hydrogens (primary N) is 1. The van der Waals surface area contributed by atoms with Crippen LogP contribution in [0.15, 0.2) is 71.6 Å². The summed E-state index contributed by atoms with van der Waals surface area (Å²) in [5.74, 6) is 0.234. The number of hydrogen-bond donors (Lipinski definition) is 3. The van der Waals surface area contributed by atoms with E-state index in [0.29, 0.717) is 34.0 Å². The van der Waals surface area contributed by atoms with Gasteiger partial charge in [0, 0.05) is 27.4 Å². The Kier molecular flexibility index (Phi) is 7.93. The molecule has 0 aromatic heterocycles. The lowest BCUT2D eigenvalue weighted by atomic mass is 10.2. The van der Waals surface area contributed by atoms with E-state index >= 15 is 0 Å². The van der Waals surface area contributed by atoms with Gasteiger partial charge in [0.25, 0.3) is 5.91 Å². The highest BCUT2D eigenvalue weighted by Gasteiger charge is 2.11. The van der Waals surface area contributed by atoms with Crippen LogP contribution in [0.5, 0.6) is 11.5 Å². The Morgan fingerprint density at radius 2 is 1.36 bits per heavy atom. The molecule has 0 atom stereocenters. The largest absolute Gasteiger partial charge is 0.493 e. The standard InChI is InChI=1S/C24H23N3O5S/c1-31-20-12-5-16(13-21(20)32-2)24(30)27-18-8-10-19(11-9-18)33-14-22(28)26-17-6-3-15(4-7-17)23(25)29/h3-13H,14H2,1-2H3,(H2,25,29)(H,26,28)(H,27,30). The monoisotopic (exact) mass is 465 g/mol. The van der Waals surface area contributed by atoms with Crippen LogP contribution >= 0.6 is 11.8 Å². The molecule has 3 aromatic rings. The first kappa shape index (κ1) is 23.7.